The van der Waals surface area contributed by atoms with Gasteiger partial charge in [0.25, 0.3) is 0 Å². The Balaban J connectivity index is 0.00000212. The fourth-order valence-electron chi connectivity index (χ4n) is 4.42. The van der Waals surface area contributed by atoms with Gasteiger partial charge in [0.2, 0.25) is 0 Å². The van der Waals surface area contributed by atoms with Gasteiger partial charge in [-0.3, -0.25) is 0 Å². The Labute approximate surface area is 193 Å². The van der Waals surface area contributed by atoms with Gasteiger partial charge in [0.1, 0.15) is 0 Å². The van der Waals surface area contributed by atoms with Crippen molar-refractivity contribution in [2.24, 2.45) is 28.6 Å². The van der Waals surface area contributed by atoms with Crippen molar-refractivity contribution >= 4 is 5.71 Å². The minimum Gasteiger partial charge on any atom is -0.387 e. The summed E-state index contributed by atoms with van der Waals surface area (Å²) in [5.41, 5.74) is 6.80. The molecule has 0 amide bonds. The minimum atomic E-state index is 0.0331. The van der Waals surface area contributed by atoms with Crippen LogP contribution in [0.2, 0.25) is 0 Å². The number of hydrogen-bond donors (Lipinski definition) is 2. The Morgan fingerprint density at radius 1 is 1.19 bits per heavy atom. The summed E-state index contributed by atoms with van der Waals surface area (Å²) in [4.78, 5) is 5.70. The van der Waals surface area contributed by atoms with Gasteiger partial charge in [0, 0.05) is 12.3 Å². The van der Waals surface area contributed by atoms with E-state index < -0.39 is 0 Å². The molecule has 2 rings (SSSR count). The van der Waals surface area contributed by atoms with Crippen LogP contribution in [0.25, 0.3) is 0 Å². The topological polar surface area (TPSA) is 59.6 Å². The number of nitrogens with zero attached hydrogens (tertiary/aromatic N) is 1. The first-order valence-corrected chi connectivity index (χ1v) is 12.6. The Morgan fingerprint density at radius 3 is 2.42 bits per heavy atom. The monoisotopic (exact) mass is 433 g/mol. The first-order chi connectivity index (χ1) is 15.2. The minimum absolute atomic E-state index is 0.0331. The summed E-state index contributed by atoms with van der Waals surface area (Å²) in [6.07, 6.45) is 18.3. The van der Waals surface area contributed by atoms with Gasteiger partial charge < -0.3 is 15.9 Å². The van der Waals surface area contributed by atoms with Gasteiger partial charge in [-0.05, 0) is 63.7 Å². The second-order valence-electron chi connectivity index (χ2n) is 8.28. The number of oxime groups is 1. The Morgan fingerprint density at radius 2 is 1.84 bits per heavy atom. The zero-order chi connectivity index (χ0) is 23.5. The predicted molar refractivity (Wildman–Crippen MR) is 138 cm³/mol. The molecule has 1 aliphatic heterocycles. The van der Waals surface area contributed by atoms with Gasteiger partial charge in [-0.25, -0.2) is 0 Å². The fourth-order valence-corrected chi connectivity index (χ4v) is 4.42. The Bertz CT molecular complexity index is 529. The van der Waals surface area contributed by atoms with Crippen molar-refractivity contribution in [1.29, 1.82) is 0 Å². The summed E-state index contributed by atoms with van der Waals surface area (Å²) < 4.78 is 0. The largest absolute Gasteiger partial charge is 0.387 e. The highest BCUT2D eigenvalue weighted by atomic mass is 16.6. The maximum absolute atomic E-state index is 5.70. The molecule has 3 N–H and O–H groups in total. The average molecular weight is 434 g/mol. The molecule has 0 saturated heterocycles. The van der Waals surface area contributed by atoms with E-state index in [1.54, 1.807) is 0 Å². The molecule has 2 aliphatic rings. The maximum atomic E-state index is 5.70. The highest BCUT2D eigenvalue weighted by Gasteiger charge is 2.29. The first-order valence-electron chi connectivity index (χ1n) is 12.6. The van der Waals surface area contributed by atoms with Gasteiger partial charge in [0.05, 0.1) is 5.71 Å². The van der Waals surface area contributed by atoms with E-state index in [-0.39, 0.29) is 6.10 Å². The second-order valence-corrected chi connectivity index (χ2v) is 8.28. The van der Waals surface area contributed by atoms with Crippen molar-refractivity contribution in [2.75, 3.05) is 20.1 Å². The van der Waals surface area contributed by atoms with Crippen LogP contribution in [0.1, 0.15) is 86.0 Å². The molecule has 0 aromatic rings. The van der Waals surface area contributed by atoms with Crippen molar-refractivity contribution in [2.45, 2.75) is 92.1 Å². The van der Waals surface area contributed by atoms with Crippen LogP contribution in [0, 0.1) is 17.8 Å². The van der Waals surface area contributed by atoms with E-state index >= 15 is 0 Å². The first kappa shape index (κ1) is 29.6. The quantitative estimate of drug-likeness (QED) is 0.316. The van der Waals surface area contributed by atoms with Gasteiger partial charge in [-0.1, -0.05) is 89.4 Å². The van der Waals surface area contributed by atoms with E-state index in [0.717, 1.165) is 30.4 Å². The molecule has 4 nitrogen and oxygen atoms in total. The highest BCUT2D eigenvalue weighted by Crippen LogP contribution is 2.34. The standard InChI is InChI=1S/C24H40N2O.C2H6.CH5N/c1-5-7-8-11-20(4)24-18-23(26-27-24)22-14-9-12-21(13-10-15-22)19(3)16-17-25-6-2;2*1-2/h5,7-8,11,19,21-22,24-25H,4,6,9-10,12-18H2,1-3H3;1-2H3;2H2,1H3/b7-5-,11-8-;;. The molecule has 1 heterocycles. The smallest absolute Gasteiger partial charge is 0.157 e. The zero-order valence-electron chi connectivity index (χ0n) is 21.3. The van der Waals surface area contributed by atoms with Crippen molar-refractivity contribution in [3.05, 3.63) is 36.5 Å². The maximum Gasteiger partial charge on any atom is 0.157 e. The number of nitrogens with two attached hydrogens (primary N) is 1. The van der Waals surface area contributed by atoms with Gasteiger partial charge >= 0.3 is 0 Å². The van der Waals surface area contributed by atoms with Gasteiger partial charge in [0.15, 0.2) is 6.10 Å². The normalized spacial score (nSPS) is 24.7. The molecular formula is C27H51N3O. The lowest BCUT2D eigenvalue weighted by Gasteiger charge is -2.28. The Kier molecular flexibility index (Phi) is 18.4. The number of rotatable bonds is 9. The number of allylic oxidation sites excluding steroid dienone is 3. The molecule has 1 fully saturated rings. The van der Waals surface area contributed by atoms with E-state index in [4.69, 9.17) is 4.84 Å². The third kappa shape index (κ3) is 11.7. The van der Waals surface area contributed by atoms with E-state index in [1.807, 2.05) is 45.1 Å². The molecule has 0 aromatic heterocycles. The van der Waals surface area contributed by atoms with Crippen molar-refractivity contribution in [3.8, 4) is 0 Å². The average Bonchev–Trinajstić information content (AvgIpc) is 3.27. The fraction of sp³-hybridized carbons (Fsp3) is 0.741. The third-order valence-electron chi connectivity index (χ3n) is 6.28. The molecule has 180 valence electrons. The molecule has 0 radical (unpaired) electrons. The Hall–Kier alpha value is -1.39. The van der Waals surface area contributed by atoms with Crippen LogP contribution in [0.5, 0.6) is 0 Å². The third-order valence-corrected chi connectivity index (χ3v) is 6.28. The summed E-state index contributed by atoms with van der Waals surface area (Å²) in [5, 5.41) is 7.94. The lowest BCUT2D eigenvalue weighted by Crippen LogP contribution is -2.23. The van der Waals surface area contributed by atoms with Crippen LogP contribution in [-0.4, -0.2) is 32.0 Å². The molecule has 1 aliphatic carbocycles. The molecular weight excluding hydrogens is 382 g/mol. The van der Waals surface area contributed by atoms with E-state index in [9.17, 15) is 0 Å². The van der Waals surface area contributed by atoms with Crippen molar-refractivity contribution in [1.82, 2.24) is 5.32 Å². The van der Waals surface area contributed by atoms with Crippen LogP contribution in [0.4, 0.5) is 0 Å². The van der Waals surface area contributed by atoms with Crippen molar-refractivity contribution in [3.63, 3.8) is 0 Å². The molecule has 31 heavy (non-hydrogen) atoms. The van der Waals surface area contributed by atoms with Crippen molar-refractivity contribution < 1.29 is 4.84 Å². The van der Waals surface area contributed by atoms with Crippen LogP contribution in [0.15, 0.2) is 41.6 Å². The van der Waals surface area contributed by atoms with Crippen LogP contribution in [-0.2, 0) is 4.84 Å². The van der Waals surface area contributed by atoms with Gasteiger partial charge in [-0.2, -0.15) is 0 Å². The molecule has 2 unspecified atom stereocenters. The summed E-state index contributed by atoms with van der Waals surface area (Å²) in [6, 6.07) is 0. The molecule has 4 heteroatoms. The summed E-state index contributed by atoms with van der Waals surface area (Å²) in [7, 11) is 1.50. The number of hydrogen-bond acceptors (Lipinski definition) is 4. The molecule has 1 saturated carbocycles. The lowest BCUT2D eigenvalue weighted by atomic mass is 9.77. The summed E-state index contributed by atoms with van der Waals surface area (Å²) in [5.74, 6) is 2.35. The lowest BCUT2D eigenvalue weighted by molar-refractivity contribution is 0.114. The molecule has 0 bridgehead atoms. The van der Waals surface area contributed by atoms with Crippen LogP contribution in [0.3, 0.4) is 0 Å². The number of nitrogens with one attached hydrogen (secondary N) is 1. The molecule has 0 spiro atoms. The highest BCUT2D eigenvalue weighted by molar-refractivity contribution is 5.88. The van der Waals surface area contributed by atoms with E-state index in [0.29, 0.717) is 5.92 Å². The SMILES string of the molecule is C=C(/C=C\C=C/C)C1CC(C2CCCC(C(C)CCNCC)CCC2)=NO1.CC.CN. The molecule has 0 aromatic carbocycles. The predicted octanol–water partition coefficient (Wildman–Crippen LogP) is 6.64. The molecule has 2 atom stereocenters. The summed E-state index contributed by atoms with van der Waals surface area (Å²) >= 11 is 0. The second kappa shape index (κ2) is 19.3. The van der Waals surface area contributed by atoms with E-state index in [1.165, 1.54) is 64.2 Å². The zero-order valence-corrected chi connectivity index (χ0v) is 21.3. The van der Waals surface area contributed by atoms with E-state index in [2.05, 4.69) is 36.6 Å². The van der Waals surface area contributed by atoms with Gasteiger partial charge in [-0.15, -0.1) is 0 Å². The van der Waals surface area contributed by atoms with Crippen LogP contribution >= 0.6 is 0 Å². The van der Waals surface area contributed by atoms with Crippen LogP contribution < -0.4 is 11.1 Å². The summed E-state index contributed by atoms with van der Waals surface area (Å²) in [6.45, 7) is 17.1.